The molecule has 4 heterocycles. The highest BCUT2D eigenvalue weighted by molar-refractivity contribution is 7.13. The summed E-state index contributed by atoms with van der Waals surface area (Å²) >= 11 is 1.63. The van der Waals surface area contributed by atoms with E-state index in [1.165, 1.54) is 0 Å². The van der Waals surface area contributed by atoms with Crippen LogP contribution in [0.25, 0.3) is 10.6 Å². The second kappa shape index (κ2) is 6.48. The zero-order valence-electron chi connectivity index (χ0n) is 14.4. The molecule has 6 nitrogen and oxygen atoms in total. The fourth-order valence-electron chi connectivity index (χ4n) is 3.52. The van der Waals surface area contributed by atoms with Gasteiger partial charge in [-0.15, -0.1) is 11.3 Å². The summed E-state index contributed by atoms with van der Waals surface area (Å²) in [6, 6.07) is 5.93. The number of nitrogens with zero attached hydrogens (tertiary/aromatic N) is 5. The van der Waals surface area contributed by atoms with Crippen molar-refractivity contribution in [2.75, 3.05) is 13.1 Å². The van der Waals surface area contributed by atoms with Crippen LogP contribution in [-0.2, 0) is 14.1 Å². The summed E-state index contributed by atoms with van der Waals surface area (Å²) in [7, 11) is 3.85. The Kier molecular flexibility index (Phi) is 4.17. The molecule has 1 saturated heterocycles. The number of aryl methyl sites for hydroxylation is 2. The monoisotopic (exact) mass is 355 g/mol. The zero-order chi connectivity index (χ0) is 17.4. The molecule has 0 N–H and O–H groups in total. The lowest BCUT2D eigenvalue weighted by molar-refractivity contribution is 0.0692. The van der Waals surface area contributed by atoms with Gasteiger partial charge in [0.05, 0.1) is 4.88 Å². The summed E-state index contributed by atoms with van der Waals surface area (Å²) in [6.07, 6.45) is 5.86. The van der Waals surface area contributed by atoms with Gasteiger partial charge in [0.2, 0.25) is 0 Å². The zero-order valence-corrected chi connectivity index (χ0v) is 15.2. The first-order chi connectivity index (χ1) is 12.1. The Bertz CT molecular complexity index is 879. The molecule has 0 unspecified atom stereocenters. The number of aromatic nitrogens is 4. The lowest BCUT2D eigenvalue weighted by atomic mass is 9.97. The average Bonchev–Trinajstić information content (AvgIpc) is 3.35. The second-order valence-electron chi connectivity index (χ2n) is 6.50. The van der Waals surface area contributed by atoms with E-state index in [0.717, 1.165) is 35.8 Å². The predicted octanol–water partition coefficient (Wildman–Crippen LogP) is 2.90. The molecule has 0 spiro atoms. The molecule has 1 fully saturated rings. The van der Waals surface area contributed by atoms with Crippen LogP contribution in [-0.4, -0.2) is 43.2 Å². The Balaban J connectivity index is 1.55. The van der Waals surface area contributed by atoms with E-state index in [-0.39, 0.29) is 5.91 Å². The predicted molar refractivity (Wildman–Crippen MR) is 97.6 cm³/mol. The maximum Gasteiger partial charge on any atom is 0.272 e. The van der Waals surface area contributed by atoms with Gasteiger partial charge in [0.1, 0.15) is 17.2 Å². The molecule has 0 radical (unpaired) electrons. The van der Waals surface area contributed by atoms with Gasteiger partial charge in [-0.1, -0.05) is 6.07 Å². The third-order valence-electron chi connectivity index (χ3n) is 4.80. The molecular weight excluding hydrogens is 334 g/mol. The van der Waals surface area contributed by atoms with Crippen molar-refractivity contribution in [2.24, 2.45) is 14.1 Å². The minimum absolute atomic E-state index is 0.0525. The van der Waals surface area contributed by atoms with Crippen molar-refractivity contribution in [1.82, 2.24) is 24.2 Å². The first-order valence-corrected chi connectivity index (χ1v) is 9.36. The molecule has 1 aliphatic rings. The molecular formula is C18H21N5OS. The Morgan fingerprint density at radius 1 is 1.36 bits per heavy atom. The number of carbonyl (C=O) groups is 1. The number of carbonyl (C=O) groups excluding carboxylic acids is 1. The van der Waals surface area contributed by atoms with Crippen LogP contribution >= 0.6 is 11.3 Å². The van der Waals surface area contributed by atoms with Crippen LogP contribution < -0.4 is 0 Å². The summed E-state index contributed by atoms with van der Waals surface area (Å²) in [6.45, 7) is 1.50. The van der Waals surface area contributed by atoms with E-state index in [2.05, 4.69) is 14.6 Å². The number of imidazole rings is 1. The van der Waals surface area contributed by atoms with Crippen LogP contribution in [0.5, 0.6) is 0 Å². The quantitative estimate of drug-likeness (QED) is 0.726. The second-order valence-corrected chi connectivity index (χ2v) is 7.45. The van der Waals surface area contributed by atoms with Crippen LogP contribution in [0.4, 0.5) is 0 Å². The number of hydrogen-bond acceptors (Lipinski definition) is 4. The molecule has 1 amide bonds. The van der Waals surface area contributed by atoms with E-state index in [1.54, 1.807) is 16.0 Å². The fourth-order valence-corrected chi connectivity index (χ4v) is 4.20. The van der Waals surface area contributed by atoms with Crippen molar-refractivity contribution in [3.8, 4) is 10.6 Å². The molecule has 0 aromatic carbocycles. The summed E-state index contributed by atoms with van der Waals surface area (Å²) < 4.78 is 3.75. The van der Waals surface area contributed by atoms with Crippen molar-refractivity contribution >= 4 is 17.2 Å². The molecule has 3 aromatic heterocycles. The number of hydrogen-bond donors (Lipinski definition) is 0. The maximum atomic E-state index is 13.0. The third kappa shape index (κ3) is 3.00. The van der Waals surface area contributed by atoms with Gasteiger partial charge < -0.3 is 9.47 Å². The summed E-state index contributed by atoms with van der Waals surface area (Å²) in [5.74, 6) is 1.40. The number of piperidine rings is 1. The maximum absolute atomic E-state index is 13.0. The standard InChI is InChI=1S/C18H21N5OS/c1-21-9-7-19-17(21)13-5-3-8-23(12-13)18(24)15-11-14(20-22(15)2)16-6-4-10-25-16/h4,6-7,9-11,13H,3,5,8,12H2,1-2H3/t13-/m0/s1. The van der Waals surface area contributed by atoms with E-state index in [9.17, 15) is 4.79 Å². The summed E-state index contributed by atoms with van der Waals surface area (Å²) in [5.41, 5.74) is 1.50. The first-order valence-electron chi connectivity index (χ1n) is 8.48. The van der Waals surface area contributed by atoms with Crippen molar-refractivity contribution < 1.29 is 4.79 Å². The van der Waals surface area contributed by atoms with E-state index >= 15 is 0 Å². The van der Waals surface area contributed by atoms with Gasteiger partial charge in [-0.05, 0) is 30.4 Å². The highest BCUT2D eigenvalue weighted by atomic mass is 32.1. The Hall–Kier alpha value is -2.41. The topological polar surface area (TPSA) is 56.0 Å². The van der Waals surface area contributed by atoms with Crippen molar-refractivity contribution in [3.63, 3.8) is 0 Å². The highest BCUT2D eigenvalue weighted by Gasteiger charge is 2.29. The molecule has 0 aliphatic carbocycles. The van der Waals surface area contributed by atoms with Crippen LogP contribution in [0.2, 0.25) is 0 Å². The Morgan fingerprint density at radius 2 is 2.24 bits per heavy atom. The van der Waals surface area contributed by atoms with Gasteiger partial charge in [0.25, 0.3) is 5.91 Å². The van der Waals surface area contributed by atoms with Crippen LogP contribution in [0.15, 0.2) is 36.0 Å². The summed E-state index contributed by atoms with van der Waals surface area (Å²) in [4.78, 5) is 20.5. The number of likely N-dealkylation sites (tertiary alicyclic amines) is 1. The van der Waals surface area contributed by atoms with E-state index in [4.69, 9.17) is 0 Å². The number of thiophene rings is 1. The molecule has 25 heavy (non-hydrogen) atoms. The van der Waals surface area contributed by atoms with Crippen molar-refractivity contribution in [1.29, 1.82) is 0 Å². The molecule has 3 aromatic rings. The fraction of sp³-hybridized carbons (Fsp3) is 0.389. The van der Waals surface area contributed by atoms with E-state index in [1.807, 2.05) is 55.0 Å². The molecule has 1 atom stereocenters. The van der Waals surface area contributed by atoms with Crippen LogP contribution in [0, 0.1) is 0 Å². The highest BCUT2D eigenvalue weighted by Crippen LogP contribution is 2.28. The van der Waals surface area contributed by atoms with Crippen molar-refractivity contribution in [2.45, 2.75) is 18.8 Å². The minimum atomic E-state index is 0.0525. The average molecular weight is 355 g/mol. The molecule has 4 rings (SSSR count). The smallest absolute Gasteiger partial charge is 0.272 e. The third-order valence-corrected chi connectivity index (χ3v) is 5.70. The molecule has 1 aliphatic heterocycles. The van der Waals surface area contributed by atoms with Gasteiger partial charge in [0.15, 0.2) is 0 Å². The molecule has 0 bridgehead atoms. The Labute approximate surface area is 150 Å². The largest absolute Gasteiger partial charge is 0.338 e. The van der Waals surface area contributed by atoms with E-state index in [0.29, 0.717) is 18.2 Å². The van der Waals surface area contributed by atoms with Crippen molar-refractivity contribution in [3.05, 3.63) is 47.5 Å². The first kappa shape index (κ1) is 16.1. The molecule has 7 heteroatoms. The summed E-state index contributed by atoms with van der Waals surface area (Å²) in [5, 5.41) is 6.54. The SMILES string of the molecule is Cn1ccnc1[C@H]1CCCN(C(=O)c2cc(-c3cccs3)nn2C)C1. The van der Waals surface area contributed by atoms with Crippen LogP contribution in [0.1, 0.15) is 35.1 Å². The van der Waals surface area contributed by atoms with Gasteiger partial charge in [0, 0.05) is 45.5 Å². The van der Waals surface area contributed by atoms with E-state index < -0.39 is 0 Å². The van der Waals surface area contributed by atoms with Crippen LogP contribution in [0.3, 0.4) is 0 Å². The normalized spacial score (nSPS) is 17.8. The van der Waals surface area contributed by atoms with Gasteiger partial charge in [-0.3, -0.25) is 9.48 Å². The van der Waals surface area contributed by atoms with Gasteiger partial charge >= 0.3 is 0 Å². The minimum Gasteiger partial charge on any atom is -0.338 e. The number of rotatable bonds is 3. The lowest BCUT2D eigenvalue weighted by Gasteiger charge is -2.32. The molecule has 0 saturated carbocycles. The lowest BCUT2D eigenvalue weighted by Crippen LogP contribution is -2.40. The Morgan fingerprint density at radius 3 is 2.96 bits per heavy atom. The number of amides is 1. The van der Waals surface area contributed by atoms with Gasteiger partial charge in [-0.2, -0.15) is 5.10 Å². The van der Waals surface area contributed by atoms with Gasteiger partial charge in [-0.25, -0.2) is 4.98 Å². The molecule has 130 valence electrons.